The maximum absolute atomic E-state index is 10.7. The van der Waals surface area contributed by atoms with E-state index in [0.29, 0.717) is 16.5 Å². The largest absolute Gasteiger partial charge is 0.328 e. The fraction of sp³-hybridized carbons (Fsp3) is 0.0909. The van der Waals surface area contributed by atoms with E-state index in [9.17, 15) is 10.1 Å². The van der Waals surface area contributed by atoms with E-state index < -0.39 is 4.92 Å². The van der Waals surface area contributed by atoms with Crippen molar-refractivity contribution in [3.8, 4) is 0 Å². The monoisotopic (exact) mass is 264 g/mol. The van der Waals surface area contributed by atoms with Crippen LogP contribution in [0.4, 0.5) is 17.2 Å². The van der Waals surface area contributed by atoms with Crippen LogP contribution in [-0.2, 0) is 0 Å². The first-order valence-electron chi connectivity index (χ1n) is 5.03. The average Bonchev–Trinajstić information content (AvgIpc) is 2.38. The SMILES string of the molecule is CN(c1cccc([N+](=O)[O-])c1)c1ncncc1Cl. The molecule has 0 saturated carbocycles. The predicted octanol–water partition coefficient (Wildman–Crippen LogP) is 2.81. The Morgan fingerprint density at radius 3 is 2.89 bits per heavy atom. The molecule has 0 saturated heterocycles. The highest BCUT2D eigenvalue weighted by atomic mass is 35.5. The maximum Gasteiger partial charge on any atom is 0.271 e. The third-order valence-corrected chi connectivity index (χ3v) is 2.66. The molecule has 2 aromatic rings. The highest BCUT2D eigenvalue weighted by Gasteiger charge is 2.13. The lowest BCUT2D eigenvalue weighted by Gasteiger charge is -2.18. The number of nitro benzene ring substituents is 1. The number of rotatable bonds is 3. The molecule has 0 spiro atoms. The minimum Gasteiger partial charge on any atom is -0.328 e. The van der Waals surface area contributed by atoms with Gasteiger partial charge in [0.2, 0.25) is 0 Å². The van der Waals surface area contributed by atoms with Crippen molar-refractivity contribution in [2.75, 3.05) is 11.9 Å². The van der Waals surface area contributed by atoms with E-state index in [0.717, 1.165) is 0 Å². The van der Waals surface area contributed by atoms with Crippen molar-refractivity contribution in [3.63, 3.8) is 0 Å². The number of nitro groups is 1. The third-order valence-electron chi connectivity index (χ3n) is 2.39. The van der Waals surface area contributed by atoms with E-state index in [2.05, 4.69) is 9.97 Å². The molecule has 0 amide bonds. The van der Waals surface area contributed by atoms with Crippen molar-refractivity contribution >= 4 is 28.8 Å². The summed E-state index contributed by atoms with van der Waals surface area (Å²) >= 11 is 5.97. The molecule has 6 nitrogen and oxygen atoms in total. The zero-order chi connectivity index (χ0) is 13.1. The van der Waals surface area contributed by atoms with Gasteiger partial charge in [-0.15, -0.1) is 0 Å². The topological polar surface area (TPSA) is 72.2 Å². The summed E-state index contributed by atoms with van der Waals surface area (Å²) in [7, 11) is 1.73. The number of hydrogen-bond donors (Lipinski definition) is 0. The van der Waals surface area contributed by atoms with E-state index in [-0.39, 0.29) is 5.69 Å². The second-order valence-electron chi connectivity index (χ2n) is 3.53. The highest BCUT2D eigenvalue weighted by Crippen LogP contribution is 2.29. The Hall–Kier alpha value is -2.21. The normalized spacial score (nSPS) is 10.1. The Labute approximate surface area is 108 Å². The maximum atomic E-state index is 10.7. The molecule has 2 rings (SSSR count). The molecule has 0 aliphatic heterocycles. The fourth-order valence-electron chi connectivity index (χ4n) is 1.49. The molecule has 0 aliphatic rings. The summed E-state index contributed by atoms with van der Waals surface area (Å²) in [6.07, 6.45) is 2.84. The van der Waals surface area contributed by atoms with Gasteiger partial charge < -0.3 is 4.90 Å². The van der Waals surface area contributed by atoms with Crippen LogP contribution >= 0.6 is 11.6 Å². The Bertz CT molecular complexity index is 591. The molecule has 0 radical (unpaired) electrons. The summed E-state index contributed by atoms with van der Waals surface area (Å²) in [5.74, 6) is 0.493. The van der Waals surface area contributed by atoms with E-state index in [4.69, 9.17) is 11.6 Å². The van der Waals surface area contributed by atoms with Crippen LogP contribution in [0.15, 0.2) is 36.8 Å². The van der Waals surface area contributed by atoms with Gasteiger partial charge in [-0.3, -0.25) is 10.1 Å². The first-order chi connectivity index (χ1) is 8.59. The van der Waals surface area contributed by atoms with Crippen LogP contribution in [-0.4, -0.2) is 21.9 Å². The van der Waals surface area contributed by atoms with Crippen LogP contribution in [0.5, 0.6) is 0 Å². The van der Waals surface area contributed by atoms with Gasteiger partial charge in [-0.25, -0.2) is 9.97 Å². The van der Waals surface area contributed by atoms with Crippen molar-refractivity contribution < 1.29 is 4.92 Å². The van der Waals surface area contributed by atoms with Crippen molar-refractivity contribution in [2.24, 2.45) is 0 Å². The zero-order valence-electron chi connectivity index (χ0n) is 9.45. The second-order valence-corrected chi connectivity index (χ2v) is 3.94. The van der Waals surface area contributed by atoms with Crippen LogP contribution in [0.2, 0.25) is 5.02 Å². The molecular formula is C11H9ClN4O2. The number of nitrogens with zero attached hydrogens (tertiary/aromatic N) is 4. The van der Waals surface area contributed by atoms with Gasteiger partial charge in [0.05, 0.1) is 11.1 Å². The smallest absolute Gasteiger partial charge is 0.271 e. The zero-order valence-corrected chi connectivity index (χ0v) is 10.2. The number of halogens is 1. The molecule has 0 atom stereocenters. The summed E-state index contributed by atoms with van der Waals surface area (Å²) in [6.45, 7) is 0. The molecule has 1 aromatic carbocycles. The van der Waals surface area contributed by atoms with Crippen LogP contribution in [0.25, 0.3) is 0 Å². The highest BCUT2D eigenvalue weighted by molar-refractivity contribution is 6.32. The number of benzene rings is 1. The fourth-order valence-corrected chi connectivity index (χ4v) is 1.72. The predicted molar refractivity (Wildman–Crippen MR) is 68.2 cm³/mol. The summed E-state index contributed by atoms with van der Waals surface area (Å²) in [5, 5.41) is 11.1. The lowest BCUT2D eigenvalue weighted by molar-refractivity contribution is -0.384. The van der Waals surface area contributed by atoms with Gasteiger partial charge in [-0.1, -0.05) is 17.7 Å². The summed E-state index contributed by atoms with van der Waals surface area (Å²) < 4.78 is 0. The molecule has 7 heteroatoms. The summed E-state index contributed by atoms with van der Waals surface area (Å²) in [4.78, 5) is 19.8. The molecule has 0 N–H and O–H groups in total. The first-order valence-corrected chi connectivity index (χ1v) is 5.41. The Balaban J connectivity index is 2.40. The van der Waals surface area contributed by atoms with Crippen molar-refractivity contribution in [1.29, 1.82) is 0 Å². The van der Waals surface area contributed by atoms with E-state index in [1.54, 1.807) is 24.1 Å². The van der Waals surface area contributed by atoms with E-state index in [1.165, 1.54) is 24.7 Å². The van der Waals surface area contributed by atoms with E-state index >= 15 is 0 Å². The molecule has 18 heavy (non-hydrogen) atoms. The molecule has 0 bridgehead atoms. The Morgan fingerprint density at radius 1 is 1.44 bits per heavy atom. The molecule has 1 heterocycles. The molecule has 0 unspecified atom stereocenters. The Morgan fingerprint density at radius 2 is 2.22 bits per heavy atom. The minimum atomic E-state index is -0.446. The van der Waals surface area contributed by atoms with Crippen molar-refractivity contribution in [2.45, 2.75) is 0 Å². The van der Waals surface area contributed by atoms with Gasteiger partial charge >= 0.3 is 0 Å². The van der Waals surface area contributed by atoms with Gasteiger partial charge in [0.15, 0.2) is 5.82 Å². The molecule has 92 valence electrons. The van der Waals surface area contributed by atoms with Crippen molar-refractivity contribution in [3.05, 3.63) is 51.9 Å². The molecule has 0 fully saturated rings. The summed E-state index contributed by atoms with van der Waals surface area (Å²) in [5.41, 5.74) is 0.648. The number of non-ortho nitro benzene ring substituents is 1. The van der Waals surface area contributed by atoms with Crippen LogP contribution < -0.4 is 4.90 Å². The van der Waals surface area contributed by atoms with Gasteiger partial charge in [0, 0.05) is 24.9 Å². The number of aromatic nitrogens is 2. The van der Waals surface area contributed by atoms with Gasteiger partial charge in [-0.2, -0.15) is 0 Å². The molecular weight excluding hydrogens is 256 g/mol. The molecule has 0 aliphatic carbocycles. The number of anilines is 2. The van der Waals surface area contributed by atoms with Gasteiger partial charge in [0.1, 0.15) is 11.3 Å². The van der Waals surface area contributed by atoms with Gasteiger partial charge in [-0.05, 0) is 6.07 Å². The second kappa shape index (κ2) is 4.97. The van der Waals surface area contributed by atoms with E-state index in [1.807, 2.05) is 0 Å². The lowest BCUT2D eigenvalue weighted by Crippen LogP contribution is -2.12. The summed E-state index contributed by atoms with van der Waals surface area (Å²) in [6, 6.07) is 6.24. The van der Waals surface area contributed by atoms with Crippen LogP contribution in [0.3, 0.4) is 0 Å². The Kier molecular flexibility index (Phi) is 3.38. The first kappa shape index (κ1) is 12.3. The van der Waals surface area contributed by atoms with Crippen LogP contribution in [0, 0.1) is 10.1 Å². The van der Waals surface area contributed by atoms with Gasteiger partial charge in [0.25, 0.3) is 5.69 Å². The lowest BCUT2D eigenvalue weighted by atomic mass is 10.2. The minimum absolute atomic E-state index is 0.0181. The van der Waals surface area contributed by atoms with Crippen LogP contribution in [0.1, 0.15) is 0 Å². The molecule has 1 aromatic heterocycles. The van der Waals surface area contributed by atoms with Crippen molar-refractivity contribution in [1.82, 2.24) is 9.97 Å². The number of hydrogen-bond acceptors (Lipinski definition) is 5. The third kappa shape index (κ3) is 2.38. The standard InChI is InChI=1S/C11H9ClN4O2/c1-15(11-10(12)6-13-7-14-11)8-3-2-4-9(5-8)16(17)18/h2-7H,1H3. The quantitative estimate of drug-likeness (QED) is 0.630. The average molecular weight is 265 g/mol.